The Morgan fingerprint density at radius 3 is 2.56 bits per heavy atom. The fraction of sp³-hybridized carbons (Fsp3) is 0.560. The summed E-state index contributed by atoms with van der Waals surface area (Å²) in [6.45, 7) is 4.02. The Bertz CT molecular complexity index is 927. The van der Waals surface area contributed by atoms with Crippen LogP contribution in [0.2, 0.25) is 0 Å². The first-order valence-corrected chi connectivity index (χ1v) is 11.4. The van der Waals surface area contributed by atoms with Crippen LogP contribution in [-0.2, 0) is 28.5 Å². The molecular formula is C25H36N4O3. The molecular weight excluding hydrogens is 404 g/mol. The Kier molecular flexibility index (Phi) is 7.72. The molecule has 1 aliphatic rings. The average Bonchev–Trinajstić information content (AvgIpc) is 2.99. The number of nitrogens with zero attached hydrogens (tertiary/aromatic N) is 3. The van der Waals surface area contributed by atoms with E-state index in [0.29, 0.717) is 32.2 Å². The number of likely N-dealkylation sites (N-methyl/N-ethyl adjacent to an activating group) is 1. The molecule has 0 unspecified atom stereocenters. The van der Waals surface area contributed by atoms with Gasteiger partial charge in [-0.2, -0.15) is 5.10 Å². The van der Waals surface area contributed by atoms with Crippen molar-refractivity contribution >= 4 is 11.8 Å². The highest BCUT2D eigenvalue weighted by atomic mass is 16.3. The number of aliphatic hydroxyl groups is 1. The van der Waals surface area contributed by atoms with Gasteiger partial charge in [-0.25, -0.2) is 0 Å². The van der Waals surface area contributed by atoms with Crippen LogP contribution < -0.4 is 5.32 Å². The van der Waals surface area contributed by atoms with E-state index in [-0.39, 0.29) is 23.3 Å². The predicted octanol–water partition coefficient (Wildman–Crippen LogP) is 2.50. The maximum atomic E-state index is 13.0. The number of carbonyl (C=O) groups is 2. The van der Waals surface area contributed by atoms with Gasteiger partial charge in [-0.05, 0) is 50.2 Å². The summed E-state index contributed by atoms with van der Waals surface area (Å²) in [6, 6.07) is 9.97. The van der Waals surface area contributed by atoms with Gasteiger partial charge in [0.05, 0.1) is 17.8 Å². The minimum absolute atomic E-state index is 0.0337. The van der Waals surface area contributed by atoms with Crippen LogP contribution in [0.5, 0.6) is 0 Å². The number of rotatable bonds is 7. The Hall–Kier alpha value is -2.67. The Labute approximate surface area is 190 Å². The van der Waals surface area contributed by atoms with E-state index in [1.807, 2.05) is 38.4 Å². The summed E-state index contributed by atoms with van der Waals surface area (Å²) in [6.07, 6.45) is 5.21. The lowest BCUT2D eigenvalue weighted by molar-refractivity contribution is -0.134. The first-order valence-electron chi connectivity index (χ1n) is 11.4. The van der Waals surface area contributed by atoms with Gasteiger partial charge in [0.25, 0.3) is 0 Å². The molecule has 0 radical (unpaired) electrons. The Balaban J connectivity index is 1.71. The van der Waals surface area contributed by atoms with Crippen LogP contribution in [0.3, 0.4) is 0 Å². The van der Waals surface area contributed by atoms with Gasteiger partial charge in [-0.3, -0.25) is 14.3 Å². The lowest BCUT2D eigenvalue weighted by Gasteiger charge is -2.34. The molecule has 0 saturated heterocycles. The topological polar surface area (TPSA) is 87.5 Å². The molecule has 0 spiro atoms. The second-order valence-electron chi connectivity index (χ2n) is 9.19. The average molecular weight is 441 g/mol. The van der Waals surface area contributed by atoms with Crippen molar-refractivity contribution in [3.63, 3.8) is 0 Å². The second-order valence-corrected chi connectivity index (χ2v) is 9.19. The van der Waals surface area contributed by atoms with Crippen LogP contribution in [0.15, 0.2) is 36.5 Å². The monoisotopic (exact) mass is 440 g/mol. The summed E-state index contributed by atoms with van der Waals surface area (Å²) < 4.78 is 1.77. The van der Waals surface area contributed by atoms with E-state index in [2.05, 4.69) is 22.5 Å². The molecule has 0 bridgehead atoms. The molecule has 1 saturated carbocycles. The van der Waals surface area contributed by atoms with Gasteiger partial charge in [-0.1, -0.05) is 30.3 Å². The van der Waals surface area contributed by atoms with Crippen LogP contribution in [0.4, 0.5) is 0 Å². The normalized spacial score (nSPS) is 23.4. The van der Waals surface area contributed by atoms with Crippen molar-refractivity contribution in [3.8, 4) is 0 Å². The van der Waals surface area contributed by atoms with E-state index in [4.69, 9.17) is 0 Å². The number of hydrogen-bond donors (Lipinski definition) is 2. The van der Waals surface area contributed by atoms with Crippen molar-refractivity contribution in [1.29, 1.82) is 0 Å². The first-order chi connectivity index (χ1) is 15.2. The minimum Gasteiger partial charge on any atom is -0.391 e. The molecule has 1 aromatic carbocycles. The van der Waals surface area contributed by atoms with Crippen molar-refractivity contribution in [2.75, 3.05) is 13.6 Å². The van der Waals surface area contributed by atoms with Crippen LogP contribution in [0, 0.1) is 6.92 Å². The predicted molar refractivity (Wildman–Crippen MR) is 124 cm³/mol. The quantitative estimate of drug-likeness (QED) is 0.648. The maximum absolute atomic E-state index is 13.0. The third-order valence-corrected chi connectivity index (χ3v) is 6.96. The smallest absolute Gasteiger partial charge is 0.222 e. The molecule has 1 heterocycles. The van der Waals surface area contributed by atoms with Crippen LogP contribution in [0.1, 0.15) is 55.8 Å². The largest absolute Gasteiger partial charge is 0.391 e. The van der Waals surface area contributed by atoms with E-state index >= 15 is 0 Å². The zero-order chi connectivity index (χ0) is 23.3. The summed E-state index contributed by atoms with van der Waals surface area (Å²) in [5.41, 5.74) is 2.94. The van der Waals surface area contributed by atoms with E-state index in [0.717, 1.165) is 24.1 Å². The molecule has 3 atom stereocenters. The van der Waals surface area contributed by atoms with Gasteiger partial charge in [0.15, 0.2) is 0 Å². The summed E-state index contributed by atoms with van der Waals surface area (Å²) in [4.78, 5) is 26.4. The van der Waals surface area contributed by atoms with Gasteiger partial charge < -0.3 is 15.3 Å². The van der Waals surface area contributed by atoms with Crippen molar-refractivity contribution in [1.82, 2.24) is 20.0 Å². The van der Waals surface area contributed by atoms with Crippen LogP contribution in [0.25, 0.3) is 0 Å². The van der Waals surface area contributed by atoms with Gasteiger partial charge in [-0.15, -0.1) is 0 Å². The van der Waals surface area contributed by atoms with Crippen molar-refractivity contribution in [3.05, 3.63) is 53.3 Å². The van der Waals surface area contributed by atoms with Crippen molar-refractivity contribution in [2.45, 2.75) is 69.9 Å². The Morgan fingerprint density at radius 1 is 1.25 bits per heavy atom. The van der Waals surface area contributed by atoms with Crippen LogP contribution in [-0.4, -0.2) is 57.3 Å². The van der Waals surface area contributed by atoms with Gasteiger partial charge in [0.1, 0.15) is 0 Å². The molecule has 1 fully saturated rings. The van der Waals surface area contributed by atoms with Crippen molar-refractivity contribution < 1.29 is 14.7 Å². The molecule has 2 aromatic rings. The molecule has 32 heavy (non-hydrogen) atoms. The summed E-state index contributed by atoms with van der Waals surface area (Å²) in [5, 5.41) is 18.3. The van der Waals surface area contributed by atoms with E-state index in [9.17, 15) is 14.7 Å². The second kappa shape index (κ2) is 10.3. The maximum Gasteiger partial charge on any atom is 0.222 e. The number of aromatic nitrogens is 2. The highest BCUT2D eigenvalue weighted by molar-refractivity contribution is 5.76. The van der Waals surface area contributed by atoms with Crippen molar-refractivity contribution in [2.24, 2.45) is 7.05 Å². The molecule has 2 amide bonds. The molecule has 2 N–H and O–H groups in total. The summed E-state index contributed by atoms with van der Waals surface area (Å²) in [5.74, 6) is -0.0222. The number of aryl methyl sites for hydroxylation is 3. The molecule has 7 nitrogen and oxygen atoms in total. The molecule has 1 aliphatic carbocycles. The highest BCUT2D eigenvalue weighted by Crippen LogP contribution is 2.39. The summed E-state index contributed by atoms with van der Waals surface area (Å²) in [7, 11) is 3.68. The lowest BCUT2D eigenvalue weighted by atomic mass is 9.74. The minimum atomic E-state index is -0.591. The molecule has 1 aromatic heterocycles. The van der Waals surface area contributed by atoms with Gasteiger partial charge in [0.2, 0.25) is 11.8 Å². The van der Waals surface area contributed by atoms with E-state index in [1.165, 1.54) is 12.5 Å². The number of nitrogens with one attached hydrogen (secondary N) is 1. The summed E-state index contributed by atoms with van der Waals surface area (Å²) >= 11 is 0. The fourth-order valence-electron chi connectivity index (χ4n) is 4.96. The first kappa shape index (κ1) is 24.0. The molecule has 174 valence electrons. The number of hydrogen-bond acceptors (Lipinski definition) is 4. The SMILES string of the molecule is CC(=O)NC[C@]1(c2ccccc2)CC[C@@H](O)[C@H](N(C)C(=O)CCc2cn(C)nc2C)CC1. The lowest BCUT2D eigenvalue weighted by Crippen LogP contribution is -2.44. The third-order valence-electron chi connectivity index (χ3n) is 6.96. The molecule has 0 aliphatic heterocycles. The molecule has 7 heteroatoms. The number of aliphatic hydroxyl groups excluding tert-OH is 1. The van der Waals surface area contributed by atoms with Gasteiger partial charge in [0, 0.05) is 45.6 Å². The van der Waals surface area contributed by atoms with E-state index in [1.54, 1.807) is 16.6 Å². The zero-order valence-corrected chi connectivity index (χ0v) is 19.7. The molecule has 3 rings (SSSR count). The highest BCUT2D eigenvalue weighted by Gasteiger charge is 2.39. The van der Waals surface area contributed by atoms with Crippen LogP contribution >= 0.6 is 0 Å². The zero-order valence-electron chi connectivity index (χ0n) is 19.7. The van der Waals surface area contributed by atoms with Gasteiger partial charge >= 0.3 is 0 Å². The Morgan fingerprint density at radius 2 is 1.94 bits per heavy atom. The number of benzene rings is 1. The van der Waals surface area contributed by atoms with E-state index < -0.39 is 6.10 Å². The third kappa shape index (κ3) is 5.57. The fourth-order valence-corrected chi connectivity index (χ4v) is 4.96. The standard InChI is InChI=1S/C25H36N4O3/c1-18-20(16-28(3)27-18)10-11-24(32)29(4)22-12-14-25(15-13-23(22)31,17-26-19(2)30)21-8-6-5-7-9-21/h5-9,16,22-23,31H,10-15,17H2,1-4H3,(H,26,30)/t22-,23-,25-/m1/s1. The number of amides is 2. The number of carbonyl (C=O) groups excluding carboxylic acids is 2.